The van der Waals surface area contributed by atoms with Crippen molar-refractivity contribution in [1.82, 2.24) is 10.2 Å². The van der Waals surface area contributed by atoms with Crippen molar-refractivity contribution in [2.45, 2.75) is 6.42 Å². The molecule has 1 aromatic heterocycles. The summed E-state index contributed by atoms with van der Waals surface area (Å²) in [5, 5.41) is 17.0. The fourth-order valence-electron chi connectivity index (χ4n) is 1.78. The maximum Gasteiger partial charge on any atom is 0.151 e. The van der Waals surface area contributed by atoms with Crippen LogP contribution in [0.1, 0.15) is 6.42 Å². The molecule has 0 saturated carbocycles. The maximum atomic E-state index is 8.57. The number of anilines is 1. The summed E-state index contributed by atoms with van der Waals surface area (Å²) in [6, 6.07) is 13.6. The second-order valence-electron chi connectivity index (χ2n) is 4.33. The Morgan fingerprint density at radius 3 is 2.45 bits per heavy atom. The number of hydrogen-bond acceptors (Lipinski definition) is 5. The third-order valence-electron chi connectivity index (χ3n) is 2.99. The minimum atomic E-state index is 0.471. The first-order chi connectivity index (χ1) is 9.74. The monoisotopic (exact) mass is 268 g/mol. The molecule has 1 heterocycles. The summed E-state index contributed by atoms with van der Waals surface area (Å²) in [6.07, 6.45) is 0.471. The predicted molar refractivity (Wildman–Crippen MR) is 77.5 cm³/mol. The molecule has 2 aromatic rings. The van der Waals surface area contributed by atoms with E-state index in [9.17, 15) is 0 Å². The van der Waals surface area contributed by atoms with Gasteiger partial charge in [0, 0.05) is 19.2 Å². The molecule has 0 aliphatic heterocycles. The Morgan fingerprint density at radius 1 is 1.15 bits per heavy atom. The quantitative estimate of drug-likeness (QED) is 0.833. The Kier molecular flexibility index (Phi) is 4.51. The van der Waals surface area contributed by atoms with Crippen LogP contribution in [-0.2, 0) is 0 Å². The Bertz CT molecular complexity index is 587. The summed E-state index contributed by atoms with van der Waals surface area (Å²) in [4.78, 5) is 1.91. The van der Waals surface area contributed by atoms with Gasteiger partial charge in [-0.2, -0.15) is 5.26 Å². The largest absolute Gasteiger partial charge is 0.497 e. The molecule has 102 valence electrons. The summed E-state index contributed by atoms with van der Waals surface area (Å²) in [5.41, 5.74) is 1.80. The van der Waals surface area contributed by atoms with Gasteiger partial charge in [0.15, 0.2) is 5.82 Å². The molecule has 0 amide bonds. The number of nitriles is 1. The summed E-state index contributed by atoms with van der Waals surface area (Å²) >= 11 is 0. The van der Waals surface area contributed by atoms with Gasteiger partial charge in [-0.25, -0.2) is 0 Å². The molecule has 0 bridgehead atoms. The first-order valence-electron chi connectivity index (χ1n) is 6.31. The van der Waals surface area contributed by atoms with Gasteiger partial charge in [-0.1, -0.05) is 0 Å². The first kappa shape index (κ1) is 13.8. The molecule has 0 N–H and O–H groups in total. The van der Waals surface area contributed by atoms with E-state index in [2.05, 4.69) is 16.3 Å². The lowest BCUT2D eigenvalue weighted by atomic mass is 10.1. The second-order valence-corrected chi connectivity index (χ2v) is 4.33. The molecule has 0 fully saturated rings. The van der Waals surface area contributed by atoms with Gasteiger partial charge in [-0.05, 0) is 36.4 Å². The third-order valence-corrected chi connectivity index (χ3v) is 2.99. The fraction of sp³-hybridized carbons (Fsp3) is 0.267. The predicted octanol–water partition coefficient (Wildman–Crippen LogP) is 2.50. The van der Waals surface area contributed by atoms with Crippen molar-refractivity contribution in [3.8, 4) is 23.1 Å². The van der Waals surface area contributed by atoms with Crippen molar-refractivity contribution in [3.63, 3.8) is 0 Å². The van der Waals surface area contributed by atoms with Crippen molar-refractivity contribution in [3.05, 3.63) is 36.4 Å². The SMILES string of the molecule is COc1ccc(-c2ccc(N(C)CCC#N)nn2)cc1. The highest BCUT2D eigenvalue weighted by Gasteiger charge is 2.05. The van der Waals surface area contributed by atoms with Gasteiger partial charge in [-0.3, -0.25) is 0 Å². The Balaban J connectivity index is 2.12. The van der Waals surface area contributed by atoms with Crippen LogP contribution in [0, 0.1) is 11.3 Å². The van der Waals surface area contributed by atoms with Crippen molar-refractivity contribution in [2.75, 3.05) is 25.6 Å². The standard InChI is InChI=1S/C15H16N4O/c1-19(11-3-10-16)15-9-8-14(17-18-15)12-4-6-13(20-2)7-5-12/h4-9H,3,11H2,1-2H3. The number of rotatable bonds is 5. The Hall–Kier alpha value is -2.61. The minimum Gasteiger partial charge on any atom is -0.497 e. The van der Waals surface area contributed by atoms with E-state index in [0.29, 0.717) is 13.0 Å². The molecule has 2 rings (SSSR count). The molecule has 0 aliphatic carbocycles. The fourth-order valence-corrected chi connectivity index (χ4v) is 1.78. The number of methoxy groups -OCH3 is 1. The summed E-state index contributed by atoms with van der Waals surface area (Å²) < 4.78 is 5.12. The average molecular weight is 268 g/mol. The van der Waals surface area contributed by atoms with Gasteiger partial charge in [0.05, 0.1) is 25.3 Å². The first-order valence-corrected chi connectivity index (χ1v) is 6.31. The normalized spacial score (nSPS) is 9.85. The van der Waals surface area contributed by atoms with E-state index in [-0.39, 0.29) is 0 Å². The van der Waals surface area contributed by atoms with Crippen molar-refractivity contribution in [1.29, 1.82) is 5.26 Å². The van der Waals surface area contributed by atoms with Gasteiger partial charge < -0.3 is 9.64 Å². The lowest BCUT2D eigenvalue weighted by molar-refractivity contribution is 0.415. The summed E-state index contributed by atoms with van der Waals surface area (Å²) in [6.45, 7) is 0.646. The lowest BCUT2D eigenvalue weighted by Gasteiger charge is -2.15. The van der Waals surface area contributed by atoms with E-state index >= 15 is 0 Å². The van der Waals surface area contributed by atoms with Crippen molar-refractivity contribution in [2.24, 2.45) is 0 Å². The van der Waals surface area contributed by atoms with Crippen LogP contribution in [0.25, 0.3) is 11.3 Å². The minimum absolute atomic E-state index is 0.471. The van der Waals surface area contributed by atoms with Gasteiger partial charge in [0.1, 0.15) is 5.75 Å². The number of aromatic nitrogens is 2. The van der Waals surface area contributed by atoms with Crippen molar-refractivity contribution < 1.29 is 4.74 Å². The summed E-state index contributed by atoms with van der Waals surface area (Å²) in [7, 11) is 3.54. The van der Waals surface area contributed by atoms with Crippen LogP contribution in [0.3, 0.4) is 0 Å². The number of hydrogen-bond donors (Lipinski definition) is 0. The zero-order chi connectivity index (χ0) is 14.4. The van der Waals surface area contributed by atoms with Crippen LogP contribution >= 0.6 is 0 Å². The van der Waals surface area contributed by atoms with Gasteiger partial charge in [-0.15, -0.1) is 10.2 Å². The molecule has 0 unspecified atom stereocenters. The molecule has 0 atom stereocenters. The lowest BCUT2D eigenvalue weighted by Crippen LogP contribution is -2.19. The molecule has 0 aliphatic rings. The van der Waals surface area contributed by atoms with Gasteiger partial charge in [0.25, 0.3) is 0 Å². The highest BCUT2D eigenvalue weighted by atomic mass is 16.5. The van der Waals surface area contributed by atoms with Crippen LogP contribution in [0.2, 0.25) is 0 Å². The van der Waals surface area contributed by atoms with E-state index in [0.717, 1.165) is 22.8 Å². The number of benzene rings is 1. The van der Waals surface area contributed by atoms with E-state index < -0.39 is 0 Å². The Morgan fingerprint density at radius 2 is 1.90 bits per heavy atom. The zero-order valence-corrected chi connectivity index (χ0v) is 11.6. The van der Waals surface area contributed by atoms with Gasteiger partial charge >= 0.3 is 0 Å². The molecular weight excluding hydrogens is 252 g/mol. The van der Waals surface area contributed by atoms with E-state index in [1.807, 2.05) is 48.3 Å². The molecule has 5 nitrogen and oxygen atoms in total. The molecule has 0 radical (unpaired) electrons. The van der Waals surface area contributed by atoms with Crippen LogP contribution in [0.15, 0.2) is 36.4 Å². The summed E-state index contributed by atoms with van der Waals surface area (Å²) in [5.74, 6) is 1.58. The van der Waals surface area contributed by atoms with Crippen molar-refractivity contribution >= 4 is 5.82 Å². The third kappa shape index (κ3) is 3.23. The molecule has 0 spiro atoms. The van der Waals surface area contributed by atoms with E-state index in [1.54, 1.807) is 7.11 Å². The number of ether oxygens (including phenoxy) is 1. The highest BCUT2D eigenvalue weighted by Crippen LogP contribution is 2.21. The molecule has 5 heteroatoms. The second kappa shape index (κ2) is 6.53. The Labute approximate surface area is 118 Å². The highest BCUT2D eigenvalue weighted by molar-refractivity contribution is 5.60. The van der Waals surface area contributed by atoms with E-state index in [4.69, 9.17) is 10.00 Å². The van der Waals surface area contributed by atoms with Crippen LogP contribution < -0.4 is 9.64 Å². The van der Waals surface area contributed by atoms with Crippen LogP contribution in [-0.4, -0.2) is 30.9 Å². The van der Waals surface area contributed by atoms with Gasteiger partial charge in [0.2, 0.25) is 0 Å². The molecule has 20 heavy (non-hydrogen) atoms. The molecule has 0 saturated heterocycles. The smallest absolute Gasteiger partial charge is 0.151 e. The zero-order valence-electron chi connectivity index (χ0n) is 11.6. The molecular formula is C15H16N4O. The average Bonchev–Trinajstić information content (AvgIpc) is 2.53. The van der Waals surface area contributed by atoms with E-state index in [1.165, 1.54) is 0 Å². The number of nitrogens with zero attached hydrogens (tertiary/aromatic N) is 4. The van der Waals surface area contributed by atoms with Crippen LogP contribution in [0.4, 0.5) is 5.82 Å². The molecule has 1 aromatic carbocycles. The maximum absolute atomic E-state index is 8.57. The van der Waals surface area contributed by atoms with Crippen LogP contribution in [0.5, 0.6) is 5.75 Å². The topological polar surface area (TPSA) is 62.0 Å².